The van der Waals surface area contributed by atoms with Crippen molar-refractivity contribution in [3.05, 3.63) is 30.1 Å². The van der Waals surface area contributed by atoms with Crippen LogP contribution in [-0.2, 0) is 11.3 Å². The SMILES string of the molecule is Cc1nc2ccccc2n1CCCNC(=O)C1CC(O)CN1.Cl.Cl. The first-order valence-corrected chi connectivity index (χ1v) is 7.76. The van der Waals surface area contributed by atoms with E-state index >= 15 is 0 Å². The van der Waals surface area contributed by atoms with Gasteiger partial charge in [0.1, 0.15) is 5.82 Å². The van der Waals surface area contributed by atoms with Crippen LogP contribution in [0, 0.1) is 6.92 Å². The van der Waals surface area contributed by atoms with Gasteiger partial charge in [-0.1, -0.05) is 12.1 Å². The predicted molar refractivity (Wildman–Crippen MR) is 99.0 cm³/mol. The molecule has 2 unspecified atom stereocenters. The van der Waals surface area contributed by atoms with Gasteiger partial charge >= 0.3 is 0 Å². The molecule has 0 radical (unpaired) electrons. The fourth-order valence-corrected chi connectivity index (χ4v) is 2.97. The van der Waals surface area contributed by atoms with Gasteiger partial charge in [0.05, 0.1) is 23.2 Å². The molecule has 1 fully saturated rings. The van der Waals surface area contributed by atoms with Crippen LogP contribution in [-0.4, -0.2) is 45.8 Å². The average Bonchev–Trinajstić information content (AvgIpc) is 3.07. The van der Waals surface area contributed by atoms with E-state index in [0.29, 0.717) is 19.5 Å². The van der Waals surface area contributed by atoms with Crippen LogP contribution in [0.2, 0.25) is 0 Å². The molecule has 1 amide bonds. The van der Waals surface area contributed by atoms with Crippen LogP contribution < -0.4 is 10.6 Å². The second kappa shape index (κ2) is 9.22. The lowest BCUT2D eigenvalue weighted by Crippen LogP contribution is -2.40. The van der Waals surface area contributed by atoms with Crippen molar-refractivity contribution in [3.63, 3.8) is 0 Å². The normalized spacial score (nSPS) is 19.6. The van der Waals surface area contributed by atoms with Crippen molar-refractivity contribution in [2.24, 2.45) is 0 Å². The van der Waals surface area contributed by atoms with E-state index in [0.717, 1.165) is 29.8 Å². The minimum atomic E-state index is -0.407. The van der Waals surface area contributed by atoms with E-state index in [4.69, 9.17) is 0 Å². The summed E-state index contributed by atoms with van der Waals surface area (Å²) in [7, 11) is 0. The molecule has 0 spiro atoms. The smallest absolute Gasteiger partial charge is 0.237 e. The van der Waals surface area contributed by atoms with Gasteiger partial charge in [-0.3, -0.25) is 4.79 Å². The molecule has 3 N–H and O–H groups in total. The molecule has 1 aromatic heterocycles. The summed E-state index contributed by atoms with van der Waals surface area (Å²) in [4.78, 5) is 16.5. The number of β-amino-alcohol motifs (C(OH)–C–C–N with tert-alkyl or cyclic N) is 1. The zero-order chi connectivity index (χ0) is 15.5. The monoisotopic (exact) mass is 374 g/mol. The minimum Gasteiger partial charge on any atom is -0.392 e. The Labute approximate surface area is 153 Å². The summed E-state index contributed by atoms with van der Waals surface area (Å²) in [6.45, 7) is 3.95. The van der Waals surface area contributed by atoms with Crippen LogP contribution in [0.3, 0.4) is 0 Å². The maximum atomic E-state index is 11.9. The first-order valence-electron chi connectivity index (χ1n) is 7.76. The van der Waals surface area contributed by atoms with Gasteiger partial charge in [-0.05, 0) is 31.9 Å². The Morgan fingerprint density at radius 3 is 2.88 bits per heavy atom. The number of hydrogen-bond donors (Lipinski definition) is 3. The largest absolute Gasteiger partial charge is 0.392 e. The Hall–Kier alpha value is -1.34. The number of imidazole rings is 1. The number of aliphatic hydroxyl groups excluding tert-OH is 1. The van der Waals surface area contributed by atoms with E-state index in [1.807, 2.05) is 25.1 Å². The Morgan fingerprint density at radius 1 is 1.42 bits per heavy atom. The highest BCUT2D eigenvalue weighted by Crippen LogP contribution is 2.15. The number of para-hydroxylation sites is 2. The van der Waals surface area contributed by atoms with Gasteiger partial charge in [0, 0.05) is 19.6 Å². The lowest BCUT2D eigenvalue weighted by Gasteiger charge is -2.12. The fourth-order valence-electron chi connectivity index (χ4n) is 2.97. The molecule has 6 nitrogen and oxygen atoms in total. The van der Waals surface area contributed by atoms with Gasteiger partial charge in [-0.25, -0.2) is 4.98 Å². The molecule has 134 valence electrons. The third-order valence-electron chi connectivity index (χ3n) is 4.13. The number of aromatic nitrogens is 2. The highest BCUT2D eigenvalue weighted by atomic mass is 35.5. The second-order valence-corrected chi connectivity index (χ2v) is 5.79. The number of aryl methyl sites for hydroxylation is 2. The van der Waals surface area contributed by atoms with E-state index in [2.05, 4.69) is 26.3 Å². The lowest BCUT2D eigenvalue weighted by atomic mass is 10.2. The fraction of sp³-hybridized carbons (Fsp3) is 0.500. The summed E-state index contributed by atoms with van der Waals surface area (Å²) in [5.74, 6) is 0.969. The molecule has 2 atom stereocenters. The molecule has 0 saturated carbocycles. The van der Waals surface area contributed by atoms with Crippen molar-refractivity contribution in [1.29, 1.82) is 0 Å². The van der Waals surface area contributed by atoms with Crippen LogP contribution in [0.25, 0.3) is 11.0 Å². The van der Waals surface area contributed by atoms with Crippen LogP contribution >= 0.6 is 24.8 Å². The molecule has 2 heterocycles. The van der Waals surface area contributed by atoms with Crippen molar-refractivity contribution >= 4 is 41.8 Å². The number of carbonyl (C=O) groups is 1. The summed E-state index contributed by atoms with van der Waals surface area (Å²) in [6, 6.07) is 7.82. The van der Waals surface area contributed by atoms with Gasteiger partial charge in [0.25, 0.3) is 0 Å². The van der Waals surface area contributed by atoms with Crippen molar-refractivity contribution in [1.82, 2.24) is 20.2 Å². The maximum absolute atomic E-state index is 11.9. The second-order valence-electron chi connectivity index (χ2n) is 5.79. The standard InChI is InChI=1S/C16H22N4O2.2ClH/c1-11-19-13-5-2-3-6-15(13)20(11)8-4-7-17-16(22)14-9-12(21)10-18-14;;/h2-3,5-6,12,14,18,21H,4,7-10H2,1H3,(H,17,22);2*1H. The van der Waals surface area contributed by atoms with Crippen LogP contribution in [0.1, 0.15) is 18.7 Å². The third kappa shape index (κ3) is 4.60. The van der Waals surface area contributed by atoms with E-state index in [1.165, 1.54) is 0 Å². The van der Waals surface area contributed by atoms with Crippen molar-refractivity contribution in [2.45, 2.75) is 38.5 Å². The summed E-state index contributed by atoms with van der Waals surface area (Å²) in [5, 5.41) is 15.4. The van der Waals surface area contributed by atoms with Crippen molar-refractivity contribution < 1.29 is 9.90 Å². The molecule has 0 bridgehead atoms. The molecule has 3 rings (SSSR count). The molecule has 8 heteroatoms. The number of rotatable bonds is 5. The number of amides is 1. The summed E-state index contributed by atoms with van der Waals surface area (Å²) >= 11 is 0. The average molecular weight is 375 g/mol. The number of benzene rings is 1. The van der Waals surface area contributed by atoms with Crippen LogP contribution in [0.4, 0.5) is 0 Å². The number of nitrogens with zero attached hydrogens (tertiary/aromatic N) is 2. The molecule has 1 aliphatic heterocycles. The molecule has 2 aromatic rings. The molecule has 1 saturated heterocycles. The van der Waals surface area contributed by atoms with Gasteiger partial charge in [0.15, 0.2) is 0 Å². The number of fused-ring (bicyclic) bond motifs is 1. The molecule has 0 aliphatic carbocycles. The zero-order valence-electron chi connectivity index (χ0n) is 13.6. The summed E-state index contributed by atoms with van der Waals surface area (Å²) in [6.07, 6.45) is 0.940. The highest BCUT2D eigenvalue weighted by molar-refractivity contribution is 5.85. The minimum absolute atomic E-state index is 0. The van der Waals surface area contributed by atoms with E-state index in [1.54, 1.807) is 0 Å². The summed E-state index contributed by atoms with van der Waals surface area (Å²) < 4.78 is 2.18. The highest BCUT2D eigenvalue weighted by Gasteiger charge is 2.27. The van der Waals surface area contributed by atoms with E-state index in [-0.39, 0.29) is 36.8 Å². The quantitative estimate of drug-likeness (QED) is 0.691. The van der Waals surface area contributed by atoms with E-state index in [9.17, 15) is 9.90 Å². The van der Waals surface area contributed by atoms with Crippen molar-refractivity contribution in [3.8, 4) is 0 Å². The Balaban J connectivity index is 0.00000144. The van der Waals surface area contributed by atoms with Gasteiger partial charge in [-0.2, -0.15) is 0 Å². The van der Waals surface area contributed by atoms with E-state index < -0.39 is 6.10 Å². The van der Waals surface area contributed by atoms with Gasteiger partial charge < -0.3 is 20.3 Å². The zero-order valence-corrected chi connectivity index (χ0v) is 15.2. The number of halogens is 2. The van der Waals surface area contributed by atoms with Gasteiger partial charge in [0.2, 0.25) is 5.91 Å². The predicted octanol–water partition coefficient (Wildman–Crippen LogP) is 1.42. The first-order chi connectivity index (χ1) is 10.6. The first kappa shape index (κ1) is 20.7. The number of nitrogens with one attached hydrogen (secondary N) is 2. The number of aliphatic hydroxyl groups is 1. The number of carbonyl (C=O) groups excluding carboxylic acids is 1. The number of hydrogen-bond acceptors (Lipinski definition) is 4. The molecule has 1 aromatic carbocycles. The van der Waals surface area contributed by atoms with Gasteiger partial charge in [-0.15, -0.1) is 24.8 Å². The van der Waals surface area contributed by atoms with Crippen LogP contribution in [0.5, 0.6) is 0 Å². The van der Waals surface area contributed by atoms with Crippen LogP contribution in [0.15, 0.2) is 24.3 Å². The molecule has 24 heavy (non-hydrogen) atoms. The molecule has 1 aliphatic rings. The molecular formula is C16H24Cl2N4O2. The summed E-state index contributed by atoms with van der Waals surface area (Å²) in [5.41, 5.74) is 2.14. The maximum Gasteiger partial charge on any atom is 0.237 e. The van der Waals surface area contributed by atoms with Crippen molar-refractivity contribution in [2.75, 3.05) is 13.1 Å². The molecular weight excluding hydrogens is 351 g/mol. The lowest BCUT2D eigenvalue weighted by molar-refractivity contribution is -0.122. The topological polar surface area (TPSA) is 79.2 Å². The Kier molecular flexibility index (Phi) is 7.96. The Morgan fingerprint density at radius 2 is 2.17 bits per heavy atom. The Bertz CT molecular complexity index is 677. The third-order valence-corrected chi connectivity index (χ3v) is 4.13.